The van der Waals surface area contributed by atoms with Crippen LogP contribution in [0.25, 0.3) is 10.9 Å². The number of benzene rings is 1. The maximum Gasteiger partial charge on any atom is 0.315 e. The van der Waals surface area contributed by atoms with E-state index in [0.29, 0.717) is 13.0 Å². The highest BCUT2D eigenvalue weighted by Crippen LogP contribution is 2.26. The zero-order chi connectivity index (χ0) is 28.2. The molecule has 0 radical (unpaired) electrons. The van der Waals surface area contributed by atoms with Gasteiger partial charge in [0.1, 0.15) is 12.1 Å². The molecule has 2 fully saturated rings. The molecule has 1 saturated carbocycles. The highest BCUT2D eigenvalue weighted by Gasteiger charge is 2.44. The number of amides is 5. The number of hydrogen-bond donors (Lipinski definition) is 5. The Labute approximate surface area is 229 Å². The highest BCUT2D eigenvalue weighted by atomic mass is 16.2. The zero-order valence-corrected chi connectivity index (χ0v) is 23.2. The third-order valence-corrected chi connectivity index (χ3v) is 7.68. The molecule has 0 bridgehead atoms. The monoisotopic (exact) mass is 538 g/mol. The quantitative estimate of drug-likeness (QED) is 0.351. The van der Waals surface area contributed by atoms with Crippen LogP contribution in [0.2, 0.25) is 0 Å². The Kier molecular flexibility index (Phi) is 8.82. The van der Waals surface area contributed by atoms with Gasteiger partial charge < -0.3 is 31.6 Å². The predicted octanol–water partition coefficient (Wildman–Crippen LogP) is 2.72. The highest BCUT2D eigenvalue weighted by molar-refractivity contribution is 5.94. The molecular weight excluding hydrogens is 496 g/mol. The molecule has 3 unspecified atom stereocenters. The number of urea groups is 1. The molecule has 3 atom stereocenters. The van der Waals surface area contributed by atoms with Gasteiger partial charge in [-0.3, -0.25) is 14.4 Å². The average molecular weight is 539 g/mol. The standard InChI is InChI=1S/C29H42N6O4/c1-29(2,3)16-24(36)35-14-13-22(34-28(39)32-19-9-5-4-6-10-19)25(35)27(38)33-23(26(30)37)15-18-17-31-21-12-8-7-11-20(18)21/h7-8,11-12,17,19,22-23,25,31H,4-6,9-10,13-16H2,1-3H3,(H2,30,37)(H,33,38)(H2,32,34,39). The first kappa shape index (κ1) is 28.4. The molecule has 5 amide bonds. The number of likely N-dealkylation sites (tertiary alicyclic amines) is 1. The smallest absolute Gasteiger partial charge is 0.315 e. The van der Waals surface area contributed by atoms with Crippen molar-refractivity contribution in [2.75, 3.05) is 6.54 Å². The van der Waals surface area contributed by atoms with Gasteiger partial charge in [-0.25, -0.2) is 4.79 Å². The van der Waals surface area contributed by atoms with Gasteiger partial charge in [0.05, 0.1) is 6.04 Å². The Bertz CT molecular complexity index is 1200. The van der Waals surface area contributed by atoms with E-state index in [1.54, 1.807) is 6.20 Å². The Hall–Kier alpha value is -3.56. The summed E-state index contributed by atoms with van der Waals surface area (Å²) in [6, 6.07) is 4.97. The van der Waals surface area contributed by atoms with Crippen LogP contribution in [0.4, 0.5) is 4.79 Å². The second-order valence-electron chi connectivity index (χ2n) is 12.1. The van der Waals surface area contributed by atoms with E-state index in [1.165, 1.54) is 11.3 Å². The molecule has 2 aliphatic rings. The van der Waals surface area contributed by atoms with Crippen LogP contribution in [0.1, 0.15) is 71.3 Å². The van der Waals surface area contributed by atoms with Crippen LogP contribution in [0, 0.1) is 5.41 Å². The number of aromatic nitrogens is 1. The van der Waals surface area contributed by atoms with Crippen molar-refractivity contribution >= 4 is 34.7 Å². The summed E-state index contributed by atoms with van der Waals surface area (Å²) in [5.74, 6) is -1.33. The summed E-state index contributed by atoms with van der Waals surface area (Å²) in [5, 5.41) is 9.73. The lowest BCUT2D eigenvalue weighted by molar-refractivity contribution is -0.141. The predicted molar refractivity (Wildman–Crippen MR) is 150 cm³/mol. The van der Waals surface area contributed by atoms with Gasteiger partial charge in [0.25, 0.3) is 0 Å². The van der Waals surface area contributed by atoms with Crippen molar-refractivity contribution in [1.82, 2.24) is 25.8 Å². The molecule has 10 heteroatoms. The van der Waals surface area contributed by atoms with Gasteiger partial charge in [-0.1, -0.05) is 58.2 Å². The van der Waals surface area contributed by atoms with E-state index in [-0.39, 0.29) is 36.2 Å². The fraction of sp³-hybridized carbons (Fsp3) is 0.586. The van der Waals surface area contributed by atoms with Gasteiger partial charge in [-0.15, -0.1) is 0 Å². The molecule has 1 saturated heterocycles. The minimum Gasteiger partial charge on any atom is -0.368 e. The van der Waals surface area contributed by atoms with Gasteiger partial charge in [-0.2, -0.15) is 0 Å². The molecule has 1 aliphatic carbocycles. The number of para-hydroxylation sites is 1. The summed E-state index contributed by atoms with van der Waals surface area (Å²) < 4.78 is 0. The molecule has 6 N–H and O–H groups in total. The van der Waals surface area contributed by atoms with Crippen LogP contribution in [-0.2, 0) is 20.8 Å². The van der Waals surface area contributed by atoms with Gasteiger partial charge in [0.2, 0.25) is 17.7 Å². The van der Waals surface area contributed by atoms with E-state index < -0.39 is 29.9 Å². The molecule has 2 aromatic rings. The molecule has 1 aromatic heterocycles. The number of primary amides is 1. The molecule has 2 heterocycles. The zero-order valence-electron chi connectivity index (χ0n) is 23.2. The number of nitrogens with two attached hydrogens (primary N) is 1. The lowest BCUT2D eigenvalue weighted by atomic mass is 9.91. The van der Waals surface area contributed by atoms with Crippen molar-refractivity contribution in [1.29, 1.82) is 0 Å². The van der Waals surface area contributed by atoms with Crippen LogP contribution >= 0.6 is 0 Å². The van der Waals surface area contributed by atoms with Crippen molar-refractivity contribution in [3.63, 3.8) is 0 Å². The molecule has 1 aromatic carbocycles. The Balaban J connectivity index is 1.50. The number of H-pyrrole nitrogens is 1. The lowest BCUT2D eigenvalue weighted by Crippen LogP contribution is -2.59. The van der Waals surface area contributed by atoms with E-state index in [2.05, 4.69) is 20.9 Å². The molecule has 212 valence electrons. The van der Waals surface area contributed by atoms with Crippen molar-refractivity contribution < 1.29 is 19.2 Å². The lowest BCUT2D eigenvalue weighted by Gasteiger charge is -2.31. The van der Waals surface area contributed by atoms with Crippen molar-refractivity contribution in [2.24, 2.45) is 11.1 Å². The van der Waals surface area contributed by atoms with Crippen molar-refractivity contribution in [3.05, 3.63) is 36.0 Å². The number of nitrogens with one attached hydrogen (secondary N) is 4. The fourth-order valence-corrected chi connectivity index (χ4v) is 5.75. The Morgan fingerprint density at radius 1 is 1.05 bits per heavy atom. The number of carbonyl (C=O) groups is 4. The van der Waals surface area contributed by atoms with Crippen molar-refractivity contribution in [2.45, 2.75) is 96.3 Å². The van der Waals surface area contributed by atoms with E-state index in [1.807, 2.05) is 45.0 Å². The summed E-state index contributed by atoms with van der Waals surface area (Å²) in [4.78, 5) is 57.0. The topological polar surface area (TPSA) is 149 Å². The first-order valence-corrected chi connectivity index (χ1v) is 14.0. The van der Waals surface area contributed by atoms with Crippen LogP contribution in [0.15, 0.2) is 30.5 Å². The third-order valence-electron chi connectivity index (χ3n) is 7.68. The molecule has 4 rings (SSSR count). The molecular formula is C29H42N6O4. The van der Waals surface area contributed by atoms with Crippen LogP contribution in [-0.4, -0.2) is 64.3 Å². The van der Waals surface area contributed by atoms with Gasteiger partial charge >= 0.3 is 6.03 Å². The molecule has 39 heavy (non-hydrogen) atoms. The SMILES string of the molecule is CC(C)(C)CC(=O)N1CCC(NC(=O)NC2CCCCC2)C1C(=O)NC(Cc1c[nH]c2ccccc12)C(N)=O. The minimum atomic E-state index is -0.978. The number of carbonyl (C=O) groups excluding carboxylic acids is 4. The van der Waals surface area contributed by atoms with E-state index in [0.717, 1.165) is 42.1 Å². The maximum absolute atomic E-state index is 13.7. The Morgan fingerprint density at radius 3 is 2.46 bits per heavy atom. The molecule has 0 spiro atoms. The largest absolute Gasteiger partial charge is 0.368 e. The minimum absolute atomic E-state index is 0.112. The number of aromatic amines is 1. The maximum atomic E-state index is 13.7. The normalized spacial score (nSPS) is 20.9. The summed E-state index contributed by atoms with van der Waals surface area (Å²) in [7, 11) is 0. The van der Waals surface area contributed by atoms with E-state index in [4.69, 9.17) is 5.73 Å². The van der Waals surface area contributed by atoms with E-state index in [9.17, 15) is 19.2 Å². The summed E-state index contributed by atoms with van der Waals surface area (Å²) in [5.41, 5.74) is 7.22. The van der Waals surface area contributed by atoms with Gasteiger partial charge in [-0.05, 0) is 36.3 Å². The second-order valence-corrected chi connectivity index (χ2v) is 12.1. The molecule has 1 aliphatic heterocycles. The van der Waals surface area contributed by atoms with Crippen LogP contribution in [0.5, 0.6) is 0 Å². The second kappa shape index (κ2) is 12.1. The number of rotatable bonds is 8. The van der Waals surface area contributed by atoms with E-state index >= 15 is 0 Å². The average Bonchev–Trinajstić information content (AvgIpc) is 3.47. The number of nitrogens with zero attached hydrogens (tertiary/aromatic N) is 1. The van der Waals surface area contributed by atoms with Crippen LogP contribution in [0.3, 0.4) is 0 Å². The van der Waals surface area contributed by atoms with Gasteiger partial charge in [0, 0.05) is 42.5 Å². The van der Waals surface area contributed by atoms with Crippen LogP contribution < -0.4 is 21.7 Å². The summed E-state index contributed by atoms with van der Waals surface area (Å²) >= 11 is 0. The number of fused-ring (bicyclic) bond motifs is 1. The fourth-order valence-electron chi connectivity index (χ4n) is 5.75. The first-order chi connectivity index (χ1) is 18.5. The Morgan fingerprint density at radius 2 is 1.77 bits per heavy atom. The summed E-state index contributed by atoms with van der Waals surface area (Å²) in [6.07, 6.45) is 7.92. The third kappa shape index (κ3) is 7.30. The summed E-state index contributed by atoms with van der Waals surface area (Å²) in [6.45, 7) is 6.24. The number of hydrogen-bond acceptors (Lipinski definition) is 4. The molecule has 10 nitrogen and oxygen atoms in total. The van der Waals surface area contributed by atoms with Crippen molar-refractivity contribution in [3.8, 4) is 0 Å². The first-order valence-electron chi connectivity index (χ1n) is 14.0. The van der Waals surface area contributed by atoms with Gasteiger partial charge in [0.15, 0.2) is 0 Å².